The molecule has 0 bridgehead atoms. The van der Waals surface area contributed by atoms with Crippen molar-refractivity contribution in [3.8, 4) is 5.75 Å². The fraction of sp³-hybridized carbons (Fsp3) is 0.381. The summed E-state index contributed by atoms with van der Waals surface area (Å²) in [5.41, 5.74) is 3.34. The molecule has 0 spiro atoms. The Labute approximate surface area is 155 Å². The first kappa shape index (κ1) is 18.3. The van der Waals surface area contributed by atoms with Crippen LogP contribution in [0.1, 0.15) is 25.0 Å². The Morgan fingerprint density at radius 1 is 1.08 bits per heavy atom. The molecule has 26 heavy (non-hydrogen) atoms. The van der Waals surface area contributed by atoms with Gasteiger partial charge < -0.3 is 15.4 Å². The minimum atomic E-state index is -0.287. The topological polar surface area (TPSA) is 62.4 Å². The van der Waals surface area contributed by atoms with E-state index in [2.05, 4.69) is 54.1 Å². The van der Waals surface area contributed by atoms with Gasteiger partial charge in [-0.15, -0.1) is 0 Å². The molecule has 3 N–H and O–H groups in total. The second-order valence-electron chi connectivity index (χ2n) is 6.79. The van der Waals surface area contributed by atoms with Crippen molar-refractivity contribution in [1.82, 2.24) is 10.6 Å². The summed E-state index contributed by atoms with van der Waals surface area (Å²) in [7, 11) is 0. The van der Waals surface area contributed by atoms with Crippen molar-refractivity contribution < 1.29 is 9.53 Å². The van der Waals surface area contributed by atoms with Crippen LogP contribution in [-0.4, -0.2) is 24.8 Å². The van der Waals surface area contributed by atoms with Crippen LogP contribution < -0.4 is 20.7 Å². The molecule has 1 heterocycles. The standard InChI is InChI=1S/C21H27N3O2/c1-4-26-18-11-9-17(10-12-18)23-21-22-15(3)19(20(25)24-21)13-16-7-5-14(2)6-8-16/h5-12,15,19,21-23H,4,13H2,1-3H3,(H,24,25). The van der Waals surface area contributed by atoms with E-state index in [0.29, 0.717) is 6.61 Å². The largest absolute Gasteiger partial charge is 0.494 e. The molecule has 0 saturated carbocycles. The highest BCUT2D eigenvalue weighted by Crippen LogP contribution is 2.19. The van der Waals surface area contributed by atoms with Gasteiger partial charge in [0.05, 0.1) is 12.5 Å². The van der Waals surface area contributed by atoms with Crippen LogP contribution in [-0.2, 0) is 11.2 Å². The zero-order chi connectivity index (χ0) is 18.5. The van der Waals surface area contributed by atoms with Crippen LogP contribution in [0.25, 0.3) is 0 Å². The summed E-state index contributed by atoms with van der Waals surface area (Å²) >= 11 is 0. The number of carbonyl (C=O) groups is 1. The summed E-state index contributed by atoms with van der Waals surface area (Å²) in [5, 5.41) is 9.77. The minimum absolute atomic E-state index is 0.0697. The highest BCUT2D eigenvalue weighted by molar-refractivity contribution is 5.81. The van der Waals surface area contributed by atoms with Crippen molar-refractivity contribution in [3.63, 3.8) is 0 Å². The molecule has 2 aromatic rings. The van der Waals surface area contributed by atoms with Gasteiger partial charge in [-0.3, -0.25) is 10.1 Å². The van der Waals surface area contributed by atoms with Crippen LogP contribution in [0.2, 0.25) is 0 Å². The monoisotopic (exact) mass is 353 g/mol. The fourth-order valence-electron chi connectivity index (χ4n) is 3.20. The number of carbonyl (C=O) groups excluding carboxylic acids is 1. The van der Waals surface area contributed by atoms with Crippen molar-refractivity contribution in [1.29, 1.82) is 0 Å². The Morgan fingerprint density at radius 3 is 2.38 bits per heavy atom. The minimum Gasteiger partial charge on any atom is -0.494 e. The molecule has 3 rings (SSSR count). The quantitative estimate of drug-likeness (QED) is 0.747. The SMILES string of the molecule is CCOc1ccc(NC2NC(=O)C(Cc3ccc(C)cc3)C(C)N2)cc1. The highest BCUT2D eigenvalue weighted by Gasteiger charge is 2.33. The second kappa shape index (κ2) is 8.23. The van der Waals surface area contributed by atoms with Gasteiger partial charge in [0, 0.05) is 11.7 Å². The van der Waals surface area contributed by atoms with E-state index >= 15 is 0 Å². The average Bonchev–Trinajstić information content (AvgIpc) is 2.62. The van der Waals surface area contributed by atoms with Crippen LogP contribution in [0.5, 0.6) is 5.75 Å². The normalized spacial score (nSPS) is 22.6. The van der Waals surface area contributed by atoms with E-state index in [-0.39, 0.29) is 24.2 Å². The van der Waals surface area contributed by atoms with E-state index in [4.69, 9.17) is 4.74 Å². The van der Waals surface area contributed by atoms with Crippen LogP contribution >= 0.6 is 0 Å². The number of hydrogen-bond donors (Lipinski definition) is 3. The van der Waals surface area contributed by atoms with Crippen LogP contribution in [0, 0.1) is 12.8 Å². The van der Waals surface area contributed by atoms with Gasteiger partial charge in [0.15, 0.2) is 6.29 Å². The smallest absolute Gasteiger partial charge is 0.227 e. The second-order valence-corrected chi connectivity index (χ2v) is 6.79. The Kier molecular flexibility index (Phi) is 5.78. The maximum absolute atomic E-state index is 12.6. The lowest BCUT2D eigenvalue weighted by molar-refractivity contribution is -0.128. The Hall–Kier alpha value is -2.53. The van der Waals surface area contributed by atoms with Crippen molar-refractivity contribution in [2.24, 2.45) is 5.92 Å². The van der Waals surface area contributed by atoms with E-state index in [1.807, 2.05) is 31.2 Å². The van der Waals surface area contributed by atoms with Gasteiger partial charge in [0.25, 0.3) is 0 Å². The Morgan fingerprint density at radius 2 is 1.77 bits per heavy atom. The molecule has 5 heteroatoms. The first-order valence-electron chi connectivity index (χ1n) is 9.16. The van der Waals surface area contributed by atoms with Crippen molar-refractivity contribution >= 4 is 11.6 Å². The predicted octanol–water partition coefficient (Wildman–Crippen LogP) is 3.06. The molecule has 0 aliphatic carbocycles. The van der Waals surface area contributed by atoms with E-state index in [1.54, 1.807) is 0 Å². The number of amides is 1. The molecular formula is C21H27N3O2. The fourth-order valence-corrected chi connectivity index (χ4v) is 3.20. The maximum Gasteiger partial charge on any atom is 0.227 e. The Bertz CT molecular complexity index is 728. The molecule has 138 valence electrons. The summed E-state index contributed by atoms with van der Waals surface area (Å²) in [6.45, 7) is 6.73. The molecule has 1 aliphatic heterocycles. The zero-order valence-electron chi connectivity index (χ0n) is 15.6. The van der Waals surface area contributed by atoms with Crippen LogP contribution in [0.4, 0.5) is 5.69 Å². The van der Waals surface area contributed by atoms with Gasteiger partial charge in [-0.25, -0.2) is 0 Å². The lowest BCUT2D eigenvalue weighted by Gasteiger charge is -2.36. The van der Waals surface area contributed by atoms with E-state index in [1.165, 1.54) is 11.1 Å². The van der Waals surface area contributed by atoms with Crippen molar-refractivity contribution in [3.05, 3.63) is 59.7 Å². The molecule has 1 saturated heterocycles. The number of anilines is 1. The van der Waals surface area contributed by atoms with Crippen molar-refractivity contribution in [2.45, 2.75) is 39.5 Å². The average molecular weight is 353 g/mol. The van der Waals surface area contributed by atoms with Crippen molar-refractivity contribution in [2.75, 3.05) is 11.9 Å². The number of nitrogens with one attached hydrogen (secondary N) is 3. The number of rotatable bonds is 6. The van der Waals surface area contributed by atoms with Crippen LogP contribution in [0.15, 0.2) is 48.5 Å². The van der Waals surface area contributed by atoms with E-state index < -0.39 is 0 Å². The molecule has 1 aliphatic rings. The lowest BCUT2D eigenvalue weighted by atomic mass is 9.90. The zero-order valence-corrected chi connectivity index (χ0v) is 15.6. The molecular weight excluding hydrogens is 326 g/mol. The first-order chi connectivity index (χ1) is 12.5. The number of benzene rings is 2. The Balaban J connectivity index is 1.59. The molecule has 2 aromatic carbocycles. The molecule has 1 amide bonds. The summed E-state index contributed by atoms with van der Waals surface area (Å²) in [4.78, 5) is 12.6. The third kappa shape index (κ3) is 4.55. The van der Waals surface area contributed by atoms with Crippen LogP contribution in [0.3, 0.4) is 0 Å². The van der Waals surface area contributed by atoms with Gasteiger partial charge in [0.2, 0.25) is 5.91 Å². The van der Waals surface area contributed by atoms with E-state index in [0.717, 1.165) is 17.9 Å². The highest BCUT2D eigenvalue weighted by atomic mass is 16.5. The summed E-state index contributed by atoms with van der Waals surface area (Å²) in [6, 6.07) is 16.2. The summed E-state index contributed by atoms with van der Waals surface area (Å²) < 4.78 is 5.45. The molecule has 0 aromatic heterocycles. The maximum atomic E-state index is 12.6. The third-order valence-electron chi connectivity index (χ3n) is 4.71. The number of hydrogen-bond acceptors (Lipinski definition) is 4. The summed E-state index contributed by atoms with van der Waals surface area (Å²) in [6.07, 6.45) is 0.445. The lowest BCUT2D eigenvalue weighted by Crippen LogP contribution is -2.63. The summed E-state index contributed by atoms with van der Waals surface area (Å²) in [5.74, 6) is 0.821. The van der Waals surface area contributed by atoms with E-state index in [9.17, 15) is 4.79 Å². The van der Waals surface area contributed by atoms with Gasteiger partial charge in [0.1, 0.15) is 5.75 Å². The third-order valence-corrected chi connectivity index (χ3v) is 4.71. The molecule has 3 atom stereocenters. The van der Waals surface area contributed by atoms with Gasteiger partial charge in [-0.05, 0) is 57.0 Å². The van der Waals surface area contributed by atoms with Gasteiger partial charge in [-0.1, -0.05) is 29.8 Å². The number of aryl methyl sites for hydroxylation is 1. The number of ether oxygens (including phenoxy) is 1. The molecule has 3 unspecified atom stereocenters. The molecule has 1 fully saturated rings. The predicted molar refractivity (Wildman–Crippen MR) is 104 cm³/mol. The van der Waals surface area contributed by atoms with Gasteiger partial charge >= 0.3 is 0 Å². The molecule has 0 radical (unpaired) electrons. The van der Waals surface area contributed by atoms with Gasteiger partial charge in [-0.2, -0.15) is 0 Å². The molecule has 5 nitrogen and oxygen atoms in total. The first-order valence-corrected chi connectivity index (χ1v) is 9.16.